The number of thioether (sulfide) groups is 2. The summed E-state index contributed by atoms with van der Waals surface area (Å²) in [5.41, 5.74) is 2.88. The van der Waals surface area contributed by atoms with Crippen molar-refractivity contribution in [2.24, 2.45) is 0 Å². The Kier molecular flexibility index (Phi) is 7.85. The lowest BCUT2D eigenvalue weighted by atomic mass is 10.1. The van der Waals surface area contributed by atoms with Gasteiger partial charge in [0.05, 0.1) is 13.1 Å². The van der Waals surface area contributed by atoms with Gasteiger partial charge in [-0.25, -0.2) is 0 Å². The second kappa shape index (κ2) is 11.3. The van der Waals surface area contributed by atoms with Crippen LogP contribution < -0.4 is 10.6 Å². The first kappa shape index (κ1) is 26.4. The number of hydrogen-bond acceptors (Lipinski definition) is 8. The molecule has 3 aromatic rings. The summed E-state index contributed by atoms with van der Waals surface area (Å²) in [4.78, 5) is 53.1. The van der Waals surface area contributed by atoms with Crippen molar-refractivity contribution in [3.05, 3.63) is 94.0 Å². The molecule has 0 aliphatic carbocycles. The first-order valence-electron chi connectivity index (χ1n) is 11.4. The van der Waals surface area contributed by atoms with E-state index in [-0.39, 0.29) is 35.4 Å². The topological polar surface area (TPSA) is 98.8 Å². The van der Waals surface area contributed by atoms with Gasteiger partial charge in [0.15, 0.2) is 10.7 Å². The van der Waals surface area contributed by atoms with Crippen LogP contribution in [-0.2, 0) is 22.7 Å². The number of imide groups is 2. The van der Waals surface area contributed by atoms with Gasteiger partial charge in [-0.15, -0.1) is 0 Å². The molecule has 5 rings (SSSR count). The number of nitrogens with zero attached hydrogens (tertiary/aromatic N) is 2. The van der Waals surface area contributed by atoms with E-state index in [1.807, 2.05) is 0 Å². The third kappa shape index (κ3) is 5.94. The van der Waals surface area contributed by atoms with E-state index in [1.54, 1.807) is 72.8 Å². The Morgan fingerprint density at radius 3 is 1.26 bits per heavy atom. The van der Waals surface area contributed by atoms with Gasteiger partial charge in [0.1, 0.15) is 0 Å². The third-order valence-corrected chi connectivity index (χ3v) is 8.31. The zero-order chi connectivity index (χ0) is 26.8. The summed E-state index contributed by atoms with van der Waals surface area (Å²) < 4.78 is 0. The number of carbonyl (C=O) groups excluding carboxylic acids is 4. The summed E-state index contributed by atoms with van der Waals surface area (Å²) in [7, 11) is 0. The van der Waals surface area contributed by atoms with Gasteiger partial charge in [0, 0.05) is 21.4 Å². The molecule has 194 valence electrons. The molecule has 2 atom stereocenters. The molecule has 12 heteroatoms. The van der Waals surface area contributed by atoms with Crippen LogP contribution in [0.25, 0.3) is 0 Å². The van der Waals surface area contributed by atoms with Gasteiger partial charge in [0.25, 0.3) is 22.3 Å². The number of nitrogens with one attached hydrogen (secondary N) is 2. The molecular formula is C26H20Cl2N4O4S2. The minimum atomic E-state index is -0.720. The van der Waals surface area contributed by atoms with E-state index in [2.05, 4.69) is 10.6 Å². The minimum absolute atomic E-state index is 0.119. The van der Waals surface area contributed by atoms with Crippen LogP contribution in [0.2, 0.25) is 10.0 Å². The number of carbonyl (C=O) groups is 4. The molecule has 2 fully saturated rings. The Morgan fingerprint density at radius 2 is 0.921 bits per heavy atom. The zero-order valence-corrected chi connectivity index (χ0v) is 22.7. The molecule has 2 aliphatic heterocycles. The van der Waals surface area contributed by atoms with Crippen LogP contribution in [0.15, 0.2) is 72.8 Å². The van der Waals surface area contributed by atoms with E-state index in [0.29, 0.717) is 21.4 Å². The molecule has 2 N–H and O–H groups in total. The number of amides is 4. The second-order valence-electron chi connectivity index (χ2n) is 8.50. The third-order valence-electron chi connectivity index (χ3n) is 5.85. The second-order valence-corrected chi connectivity index (χ2v) is 11.5. The molecule has 38 heavy (non-hydrogen) atoms. The van der Waals surface area contributed by atoms with Crippen LogP contribution in [0.4, 0.5) is 21.0 Å². The smallest absolute Gasteiger partial charge is 0.291 e. The maximum atomic E-state index is 12.8. The highest BCUT2D eigenvalue weighted by Crippen LogP contribution is 2.31. The summed E-state index contributed by atoms with van der Waals surface area (Å²) in [6.07, 6.45) is 0. The molecule has 3 aromatic carbocycles. The number of rotatable bonds is 8. The molecule has 2 unspecified atom stereocenters. The first-order valence-corrected chi connectivity index (χ1v) is 13.9. The average Bonchev–Trinajstić information content (AvgIpc) is 3.32. The van der Waals surface area contributed by atoms with Gasteiger partial charge in [0.2, 0.25) is 0 Å². The lowest BCUT2D eigenvalue weighted by molar-refractivity contribution is -0.127. The molecule has 2 heterocycles. The van der Waals surface area contributed by atoms with Crippen LogP contribution in [0, 0.1) is 0 Å². The molecular weight excluding hydrogens is 567 g/mol. The molecule has 0 saturated carbocycles. The van der Waals surface area contributed by atoms with E-state index in [1.165, 1.54) is 9.80 Å². The molecule has 8 nitrogen and oxygen atoms in total. The number of hydrogen-bond donors (Lipinski definition) is 2. The van der Waals surface area contributed by atoms with E-state index < -0.39 is 10.7 Å². The maximum Gasteiger partial charge on any atom is 0.291 e. The molecule has 0 radical (unpaired) electrons. The van der Waals surface area contributed by atoms with E-state index in [4.69, 9.17) is 23.2 Å². The molecule has 0 bridgehead atoms. The van der Waals surface area contributed by atoms with Gasteiger partial charge in [-0.05, 0) is 83.2 Å². The van der Waals surface area contributed by atoms with E-state index >= 15 is 0 Å². The van der Waals surface area contributed by atoms with Gasteiger partial charge >= 0.3 is 0 Å². The van der Waals surface area contributed by atoms with Crippen LogP contribution >= 0.6 is 46.7 Å². The van der Waals surface area contributed by atoms with Crippen molar-refractivity contribution in [1.29, 1.82) is 0 Å². The predicted molar refractivity (Wildman–Crippen MR) is 151 cm³/mol. The molecule has 2 saturated heterocycles. The van der Waals surface area contributed by atoms with Crippen molar-refractivity contribution in [2.45, 2.75) is 23.8 Å². The quantitative estimate of drug-likeness (QED) is 0.319. The molecule has 4 amide bonds. The van der Waals surface area contributed by atoms with Gasteiger partial charge in [-0.1, -0.05) is 47.5 Å². The highest BCUT2D eigenvalue weighted by molar-refractivity contribution is 8.15. The fourth-order valence-electron chi connectivity index (χ4n) is 3.87. The zero-order valence-electron chi connectivity index (χ0n) is 19.6. The van der Waals surface area contributed by atoms with Crippen LogP contribution in [0.3, 0.4) is 0 Å². The molecule has 2 aliphatic rings. The minimum Gasteiger partial charge on any atom is -0.365 e. The first-order chi connectivity index (χ1) is 18.3. The SMILES string of the molecule is O=C1SC(Nc2ccc(Cl)cc2)C(=O)N1Cc1ccc(CN2C(=O)SC(Nc3ccc(Cl)cc3)C2=O)cc1. The van der Waals surface area contributed by atoms with Crippen molar-refractivity contribution < 1.29 is 19.2 Å². The van der Waals surface area contributed by atoms with E-state index in [0.717, 1.165) is 34.7 Å². The highest BCUT2D eigenvalue weighted by atomic mass is 35.5. The summed E-state index contributed by atoms with van der Waals surface area (Å²) in [6, 6.07) is 20.9. The molecule has 0 aromatic heterocycles. The fourth-order valence-corrected chi connectivity index (χ4v) is 5.94. The standard InChI is InChI=1S/C26H20Cl2N4O4S2/c27-17-5-9-19(10-6-17)29-21-23(33)31(25(35)37-21)13-15-1-2-16(4-3-15)14-32-24(34)22(38-26(32)36)30-20-11-7-18(28)8-12-20/h1-12,21-22,29-30H,13-14H2. The number of benzene rings is 3. The van der Waals surface area contributed by atoms with Crippen molar-refractivity contribution in [2.75, 3.05) is 10.6 Å². The Morgan fingerprint density at radius 1 is 0.579 bits per heavy atom. The van der Waals surface area contributed by atoms with Gasteiger partial charge < -0.3 is 10.6 Å². The lowest BCUT2D eigenvalue weighted by Crippen LogP contribution is -2.34. The number of halogens is 2. The van der Waals surface area contributed by atoms with Crippen LogP contribution in [0.5, 0.6) is 0 Å². The van der Waals surface area contributed by atoms with Crippen molar-refractivity contribution in [3.8, 4) is 0 Å². The van der Waals surface area contributed by atoms with Crippen molar-refractivity contribution in [3.63, 3.8) is 0 Å². The summed E-state index contributed by atoms with van der Waals surface area (Å²) >= 11 is 13.6. The normalized spacial score (nSPS) is 19.4. The summed E-state index contributed by atoms with van der Waals surface area (Å²) in [6.45, 7) is 0.239. The highest BCUT2D eigenvalue weighted by Gasteiger charge is 2.41. The maximum absolute atomic E-state index is 12.8. The van der Waals surface area contributed by atoms with Crippen molar-refractivity contribution in [1.82, 2.24) is 9.80 Å². The summed E-state index contributed by atoms with van der Waals surface area (Å²) in [5, 5.41) is 5.14. The average molecular weight is 588 g/mol. The Balaban J connectivity index is 1.17. The monoisotopic (exact) mass is 586 g/mol. The Bertz CT molecular complexity index is 1280. The van der Waals surface area contributed by atoms with Gasteiger partial charge in [-0.3, -0.25) is 29.0 Å². The lowest BCUT2D eigenvalue weighted by Gasteiger charge is -2.17. The molecule has 0 spiro atoms. The Labute approximate surface area is 237 Å². The van der Waals surface area contributed by atoms with Crippen LogP contribution in [-0.4, -0.2) is 42.8 Å². The van der Waals surface area contributed by atoms with E-state index in [9.17, 15) is 19.2 Å². The summed E-state index contributed by atoms with van der Waals surface area (Å²) in [5.74, 6) is -0.660. The fraction of sp³-hybridized carbons (Fsp3) is 0.154. The van der Waals surface area contributed by atoms with Gasteiger partial charge in [-0.2, -0.15) is 0 Å². The van der Waals surface area contributed by atoms with Crippen LogP contribution in [0.1, 0.15) is 11.1 Å². The predicted octanol–water partition coefficient (Wildman–Crippen LogP) is 6.26. The largest absolute Gasteiger partial charge is 0.365 e. The number of anilines is 2. The van der Waals surface area contributed by atoms with Crippen molar-refractivity contribution >= 4 is 80.4 Å². The Hall–Kier alpha value is -3.18.